The van der Waals surface area contributed by atoms with Gasteiger partial charge in [-0.25, -0.2) is 4.39 Å². The molecule has 82 valence electrons. The molecule has 2 rings (SSSR count). The van der Waals surface area contributed by atoms with Gasteiger partial charge in [0.05, 0.1) is 10.3 Å². The summed E-state index contributed by atoms with van der Waals surface area (Å²) in [7, 11) is 0. The van der Waals surface area contributed by atoms with Gasteiger partial charge < -0.3 is 5.73 Å². The first-order valence-corrected chi connectivity index (χ1v) is 5.53. The molecule has 2 nitrogen and oxygen atoms in total. The van der Waals surface area contributed by atoms with Crippen molar-refractivity contribution in [2.45, 2.75) is 13.8 Å². The molecule has 0 saturated carbocycles. The lowest BCUT2D eigenvalue weighted by atomic mass is 10.2. The molecule has 1 aromatic carbocycles. The summed E-state index contributed by atoms with van der Waals surface area (Å²) in [5.74, 6) is -0.827. The number of benzene rings is 1. The van der Waals surface area contributed by atoms with Crippen LogP contribution < -0.4 is 5.73 Å². The Labute approximate surface area is 93.0 Å². The van der Waals surface area contributed by atoms with Gasteiger partial charge in [-0.2, -0.15) is 0 Å². The first kappa shape index (κ1) is 11.7. The molecule has 0 saturated heterocycles. The second-order valence-corrected chi connectivity index (χ2v) is 3.51. The fourth-order valence-electron chi connectivity index (χ4n) is 1.21. The minimum Gasteiger partial charge on any atom is -0.366 e. The number of carbonyl (C=O) groups is 1. The van der Waals surface area contributed by atoms with Crippen LogP contribution in [0.1, 0.15) is 25.6 Å². The number of hydrogen-bond donors (Lipinski definition) is 1. The predicted octanol–water partition coefficient (Wildman–Crippen LogP) is 3.41. The molecule has 0 atom stereocenters. The second-order valence-electron chi connectivity index (χ2n) is 2.63. The van der Waals surface area contributed by atoms with Crippen molar-refractivity contribution < 1.29 is 10.6 Å². The molecule has 0 fully saturated rings. The Morgan fingerprint density at radius 2 is 2.13 bits per heavy atom. The van der Waals surface area contributed by atoms with Crippen molar-refractivity contribution >= 4 is 27.3 Å². The van der Waals surface area contributed by atoms with Crippen molar-refractivity contribution in [1.82, 2.24) is 0 Å². The Morgan fingerprint density at radius 1 is 1.47 bits per heavy atom. The summed E-state index contributed by atoms with van der Waals surface area (Å²) in [4.78, 5) is 10.9. The van der Waals surface area contributed by atoms with Crippen molar-refractivity contribution in [3.63, 3.8) is 0 Å². The van der Waals surface area contributed by atoms with Crippen LogP contribution in [-0.2, 0) is 0 Å². The minimum absolute atomic E-state index is 0. The Morgan fingerprint density at radius 3 is 2.73 bits per heavy atom. The zero-order valence-corrected chi connectivity index (χ0v) is 9.40. The summed E-state index contributed by atoms with van der Waals surface area (Å²) in [5.41, 5.74) is 5.51. The molecule has 2 aromatic rings. The van der Waals surface area contributed by atoms with E-state index in [1.807, 2.05) is 13.8 Å². The highest BCUT2D eigenvalue weighted by atomic mass is 32.1. The summed E-state index contributed by atoms with van der Waals surface area (Å²) in [6.07, 6.45) is 0. The topological polar surface area (TPSA) is 43.1 Å². The van der Waals surface area contributed by atoms with Crippen LogP contribution in [0.15, 0.2) is 23.6 Å². The molecular formula is C11H14FNOS. The molecule has 15 heavy (non-hydrogen) atoms. The molecule has 1 amide bonds. The van der Waals surface area contributed by atoms with E-state index in [0.717, 1.165) is 0 Å². The number of thiophene rings is 1. The maximum absolute atomic E-state index is 13.1. The monoisotopic (exact) mass is 227 g/mol. The van der Waals surface area contributed by atoms with Gasteiger partial charge in [0.1, 0.15) is 5.82 Å². The number of hydrogen-bond acceptors (Lipinski definition) is 2. The first-order chi connectivity index (χ1) is 7.20. The molecule has 2 N–H and O–H groups in total. The third kappa shape index (κ3) is 2.15. The van der Waals surface area contributed by atoms with Gasteiger partial charge in [-0.3, -0.25) is 4.79 Å². The summed E-state index contributed by atoms with van der Waals surface area (Å²) in [6, 6.07) is 4.62. The fourth-order valence-corrected chi connectivity index (χ4v) is 2.18. The number of fused-ring (bicyclic) bond motifs is 1. The van der Waals surface area contributed by atoms with Crippen LogP contribution in [0, 0.1) is 5.82 Å². The summed E-state index contributed by atoms with van der Waals surface area (Å²) >= 11 is 1.19. The zero-order valence-electron chi connectivity index (χ0n) is 8.58. The van der Waals surface area contributed by atoms with Crippen LogP contribution in [-0.4, -0.2) is 5.91 Å². The lowest BCUT2D eigenvalue weighted by molar-refractivity contribution is 0.100. The van der Waals surface area contributed by atoms with Crippen molar-refractivity contribution in [3.05, 3.63) is 35.0 Å². The largest absolute Gasteiger partial charge is 0.366 e. The van der Waals surface area contributed by atoms with Gasteiger partial charge in [-0.1, -0.05) is 26.0 Å². The van der Waals surface area contributed by atoms with Crippen LogP contribution in [0.4, 0.5) is 4.39 Å². The predicted molar refractivity (Wildman–Crippen MR) is 63.8 cm³/mol. The first-order valence-electron chi connectivity index (χ1n) is 4.65. The summed E-state index contributed by atoms with van der Waals surface area (Å²) in [5, 5.41) is 2.17. The highest BCUT2D eigenvalue weighted by molar-refractivity contribution is 7.17. The van der Waals surface area contributed by atoms with Gasteiger partial charge in [-0.15, -0.1) is 11.3 Å². The summed E-state index contributed by atoms with van der Waals surface area (Å²) < 4.78 is 13.6. The normalized spacial score (nSPS) is 9.53. The van der Waals surface area contributed by atoms with E-state index >= 15 is 0 Å². The van der Waals surface area contributed by atoms with Crippen LogP contribution in [0.25, 0.3) is 10.1 Å². The Balaban J connectivity index is 0.000000711. The molecule has 1 aromatic heterocycles. The smallest absolute Gasteiger partial charge is 0.250 e. The Kier molecular flexibility index (Phi) is 3.80. The average molecular weight is 227 g/mol. The van der Waals surface area contributed by atoms with E-state index in [2.05, 4.69) is 0 Å². The van der Waals surface area contributed by atoms with E-state index in [-0.39, 0.29) is 7.24 Å². The molecule has 4 heteroatoms. The van der Waals surface area contributed by atoms with E-state index in [4.69, 9.17) is 5.73 Å². The zero-order chi connectivity index (χ0) is 11.4. The van der Waals surface area contributed by atoms with Gasteiger partial charge in [0.2, 0.25) is 5.91 Å². The number of primary amides is 1. The van der Waals surface area contributed by atoms with E-state index in [9.17, 15) is 9.18 Å². The van der Waals surface area contributed by atoms with Crippen molar-refractivity contribution in [1.29, 1.82) is 0 Å². The van der Waals surface area contributed by atoms with Gasteiger partial charge in [0, 0.05) is 12.2 Å². The third-order valence-corrected chi connectivity index (χ3v) is 2.82. The van der Waals surface area contributed by atoms with Crippen molar-refractivity contribution in [2.24, 2.45) is 5.73 Å². The van der Waals surface area contributed by atoms with Crippen molar-refractivity contribution in [2.75, 3.05) is 0 Å². The molecule has 0 aliphatic carbocycles. The van der Waals surface area contributed by atoms with Crippen LogP contribution in [0.5, 0.6) is 0 Å². The quantitative estimate of drug-likeness (QED) is 0.797. The number of nitrogens with two attached hydrogens (primary N) is 1. The average Bonchev–Trinajstić information content (AvgIpc) is 2.66. The van der Waals surface area contributed by atoms with Gasteiger partial charge in [-0.05, 0) is 6.07 Å². The van der Waals surface area contributed by atoms with E-state index in [1.54, 1.807) is 17.5 Å². The van der Waals surface area contributed by atoms with Gasteiger partial charge in [0.15, 0.2) is 0 Å². The summed E-state index contributed by atoms with van der Waals surface area (Å²) in [6.45, 7) is 4.00. The van der Waals surface area contributed by atoms with Gasteiger partial charge >= 0.3 is 0 Å². The molecular weight excluding hydrogens is 213 g/mol. The van der Waals surface area contributed by atoms with Crippen molar-refractivity contribution in [3.8, 4) is 0 Å². The van der Waals surface area contributed by atoms with E-state index in [0.29, 0.717) is 15.6 Å². The molecule has 0 spiro atoms. The van der Waals surface area contributed by atoms with E-state index in [1.165, 1.54) is 17.4 Å². The third-order valence-electron chi connectivity index (χ3n) is 1.82. The highest BCUT2D eigenvalue weighted by Crippen LogP contribution is 2.27. The second kappa shape index (κ2) is 4.89. The number of carbonyl (C=O) groups excluding carboxylic acids is 1. The maximum Gasteiger partial charge on any atom is 0.250 e. The number of rotatable bonds is 1. The molecule has 0 radical (unpaired) electrons. The van der Waals surface area contributed by atoms with Crippen LogP contribution in [0.2, 0.25) is 0 Å². The lowest BCUT2D eigenvalue weighted by Crippen LogP contribution is -2.09. The SMILES string of the molecule is CC.NC(=O)c1csc2c(F)cccc12.[HH]. The Hall–Kier alpha value is -1.42. The highest BCUT2D eigenvalue weighted by Gasteiger charge is 2.10. The minimum atomic E-state index is -0.517. The fraction of sp³-hybridized carbons (Fsp3) is 0.182. The molecule has 1 heterocycles. The van der Waals surface area contributed by atoms with Gasteiger partial charge in [0.25, 0.3) is 0 Å². The molecule has 0 unspecified atom stereocenters. The maximum atomic E-state index is 13.1. The lowest BCUT2D eigenvalue weighted by Gasteiger charge is -1.93. The molecule has 0 aliphatic rings. The Bertz CT molecular complexity index is 484. The van der Waals surface area contributed by atoms with E-state index < -0.39 is 5.91 Å². The van der Waals surface area contributed by atoms with Crippen LogP contribution in [0.3, 0.4) is 0 Å². The van der Waals surface area contributed by atoms with Crippen LogP contribution >= 0.6 is 11.3 Å². The number of halogens is 1. The molecule has 0 aliphatic heterocycles. The number of amides is 1. The molecule has 0 bridgehead atoms. The standard InChI is InChI=1S/C9H6FNOS.C2H6.H2/c10-7-3-1-2-5-6(9(11)12)4-13-8(5)7;1-2;/h1-4H,(H2,11,12);1-2H3;1H.